The van der Waals surface area contributed by atoms with E-state index >= 15 is 0 Å². The van der Waals surface area contributed by atoms with Crippen molar-refractivity contribution in [2.24, 2.45) is 0 Å². The fourth-order valence-corrected chi connectivity index (χ4v) is 4.70. The number of hydrogen-bond acceptors (Lipinski definition) is 6. The molecule has 1 aromatic carbocycles. The summed E-state index contributed by atoms with van der Waals surface area (Å²) in [5.41, 5.74) is 0. The van der Waals surface area contributed by atoms with Gasteiger partial charge in [0, 0.05) is 38.0 Å². The zero-order valence-electron chi connectivity index (χ0n) is 15.9. The van der Waals surface area contributed by atoms with Gasteiger partial charge in [-0.15, -0.1) is 5.92 Å². The van der Waals surface area contributed by atoms with Gasteiger partial charge in [0.1, 0.15) is 12.4 Å². The van der Waals surface area contributed by atoms with E-state index in [4.69, 9.17) is 9.47 Å². The lowest BCUT2D eigenvalue weighted by atomic mass is 10.3. The molecule has 0 amide bonds. The first-order valence-corrected chi connectivity index (χ1v) is 11.1. The van der Waals surface area contributed by atoms with Crippen LogP contribution in [0.15, 0.2) is 29.2 Å². The molecule has 0 aromatic heterocycles. The number of sulfonamides is 1. The Labute approximate surface area is 168 Å². The van der Waals surface area contributed by atoms with Crippen molar-refractivity contribution in [1.82, 2.24) is 9.21 Å². The van der Waals surface area contributed by atoms with Gasteiger partial charge < -0.3 is 9.47 Å². The largest absolute Gasteiger partial charge is 0.481 e. The highest BCUT2D eigenvalue weighted by molar-refractivity contribution is 7.89. The number of ether oxygens (including phenoxy) is 2. The van der Waals surface area contributed by atoms with Gasteiger partial charge in [0.05, 0.1) is 18.1 Å². The van der Waals surface area contributed by atoms with Crippen LogP contribution in [0.2, 0.25) is 0 Å². The van der Waals surface area contributed by atoms with E-state index in [1.54, 1.807) is 31.2 Å². The summed E-state index contributed by atoms with van der Waals surface area (Å²) in [6.07, 6.45) is 0. The minimum absolute atomic E-state index is 0.199. The first-order chi connectivity index (χ1) is 13.0. The molecule has 6 nitrogen and oxygen atoms in total. The quantitative estimate of drug-likeness (QED) is 0.495. The minimum Gasteiger partial charge on any atom is -0.481 e. The molecule has 0 radical (unpaired) electrons. The maximum Gasteiger partial charge on any atom is 0.243 e. The molecule has 0 spiro atoms. The number of morpholine rings is 1. The van der Waals surface area contributed by atoms with Crippen molar-refractivity contribution in [2.75, 3.05) is 51.8 Å². The third kappa shape index (κ3) is 6.40. The number of nitrogens with zero attached hydrogens (tertiary/aromatic N) is 2. The van der Waals surface area contributed by atoms with Gasteiger partial charge in [-0.25, -0.2) is 8.42 Å². The van der Waals surface area contributed by atoms with Gasteiger partial charge in [0.25, 0.3) is 0 Å². The maximum atomic E-state index is 13.2. The molecule has 8 heteroatoms. The first kappa shape index (κ1) is 22.1. The second-order valence-corrected chi connectivity index (χ2v) is 8.54. The normalized spacial score (nSPS) is 16.6. The predicted molar refractivity (Wildman–Crippen MR) is 110 cm³/mol. The van der Waals surface area contributed by atoms with Crippen molar-refractivity contribution in [3.8, 4) is 17.6 Å². The fourth-order valence-electron chi connectivity index (χ4n) is 2.77. The molecule has 1 aromatic rings. The Kier molecular flexibility index (Phi) is 8.93. The lowest BCUT2D eigenvalue weighted by molar-refractivity contribution is 0.0357. The van der Waals surface area contributed by atoms with Crippen LogP contribution >= 0.6 is 12.6 Å². The minimum atomic E-state index is -3.61. The molecule has 1 aliphatic rings. The van der Waals surface area contributed by atoms with Crippen LogP contribution < -0.4 is 4.74 Å². The second kappa shape index (κ2) is 10.9. The summed E-state index contributed by atoms with van der Waals surface area (Å²) in [5, 5.41) is 0. The summed E-state index contributed by atoms with van der Waals surface area (Å²) >= 11 is 4.31. The molecule has 0 unspecified atom stereocenters. The highest BCUT2D eigenvalue weighted by atomic mass is 32.2. The first-order valence-electron chi connectivity index (χ1n) is 9.04. The zero-order valence-corrected chi connectivity index (χ0v) is 17.6. The number of thiol groups is 1. The van der Waals surface area contributed by atoms with Crippen LogP contribution in [0, 0.1) is 11.8 Å². The highest BCUT2D eigenvalue weighted by Gasteiger charge is 2.29. The Balaban J connectivity index is 2.10. The lowest BCUT2D eigenvalue weighted by Gasteiger charge is -2.32. The van der Waals surface area contributed by atoms with Crippen LogP contribution in [-0.2, 0) is 14.8 Å². The molecule has 1 fully saturated rings. The monoisotopic (exact) mass is 412 g/mol. The average Bonchev–Trinajstić information content (AvgIpc) is 2.69. The van der Waals surface area contributed by atoms with E-state index in [1.165, 1.54) is 4.31 Å². The second-order valence-electron chi connectivity index (χ2n) is 6.29. The Morgan fingerprint density at radius 2 is 1.96 bits per heavy atom. The van der Waals surface area contributed by atoms with Crippen LogP contribution in [0.4, 0.5) is 0 Å². The van der Waals surface area contributed by atoms with E-state index in [-0.39, 0.29) is 17.5 Å². The van der Waals surface area contributed by atoms with E-state index in [0.717, 1.165) is 13.1 Å². The molecule has 1 atom stereocenters. The van der Waals surface area contributed by atoms with Crippen LogP contribution in [0.3, 0.4) is 0 Å². The molecule has 0 aliphatic carbocycles. The number of benzene rings is 1. The zero-order chi connectivity index (χ0) is 19.7. The summed E-state index contributed by atoms with van der Waals surface area (Å²) in [7, 11) is -3.61. The van der Waals surface area contributed by atoms with Gasteiger partial charge in [-0.2, -0.15) is 16.9 Å². The Bertz CT molecular complexity index is 735. The molecule has 1 heterocycles. The smallest absolute Gasteiger partial charge is 0.243 e. The van der Waals surface area contributed by atoms with Crippen LogP contribution in [0.5, 0.6) is 5.75 Å². The van der Waals surface area contributed by atoms with Crippen LogP contribution in [0.25, 0.3) is 0 Å². The maximum absolute atomic E-state index is 13.2. The van der Waals surface area contributed by atoms with Gasteiger partial charge in [-0.05, 0) is 38.1 Å². The van der Waals surface area contributed by atoms with Gasteiger partial charge in [0.2, 0.25) is 10.0 Å². The van der Waals surface area contributed by atoms with E-state index in [2.05, 4.69) is 29.4 Å². The standard InChI is InChI=1S/C19H28N2O4S2/c1-3-4-13-25-18-5-7-19(8-6-18)27(22,23)21(17(2)16-26)10-9-20-11-14-24-15-12-20/h5-8,17,26H,9-16H2,1-2H3/t17-/m1/s1. The SMILES string of the molecule is CC#CCOc1ccc(S(=O)(=O)N(CCN2CCOCC2)[C@H](C)CS)cc1. The van der Waals surface area contributed by atoms with E-state index in [1.807, 2.05) is 6.92 Å². The lowest BCUT2D eigenvalue weighted by Crippen LogP contribution is -2.46. The van der Waals surface area contributed by atoms with Gasteiger partial charge in [-0.1, -0.05) is 5.92 Å². The summed E-state index contributed by atoms with van der Waals surface area (Å²) in [6.45, 7) is 8.05. The fraction of sp³-hybridized carbons (Fsp3) is 0.579. The number of rotatable bonds is 9. The Morgan fingerprint density at radius 3 is 2.56 bits per heavy atom. The molecular weight excluding hydrogens is 384 g/mol. The average molecular weight is 413 g/mol. The third-order valence-corrected chi connectivity index (χ3v) is 6.97. The van der Waals surface area contributed by atoms with Crippen molar-refractivity contribution in [2.45, 2.75) is 24.8 Å². The van der Waals surface area contributed by atoms with Crippen molar-refractivity contribution >= 4 is 22.7 Å². The predicted octanol–water partition coefficient (Wildman–Crippen LogP) is 1.73. The topological polar surface area (TPSA) is 59.1 Å². The van der Waals surface area contributed by atoms with Crippen molar-refractivity contribution in [3.63, 3.8) is 0 Å². The summed E-state index contributed by atoms with van der Waals surface area (Å²) in [6, 6.07) is 6.29. The van der Waals surface area contributed by atoms with Crippen molar-refractivity contribution in [3.05, 3.63) is 24.3 Å². The Morgan fingerprint density at radius 1 is 1.30 bits per heavy atom. The van der Waals surface area contributed by atoms with Gasteiger partial charge >= 0.3 is 0 Å². The van der Waals surface area contributed by atoms with Gasteiger partial charge in [0.15, 0.2) is 0 Å². The van der Waals surface area contributed by atoms with Crippen molar-refractivity contribution < 1.29 is 17.9 Å². The third-order valence-electron chi connectivity index (χ3n) is 4.41. The molecule has 27 heavy (non-hydrogen) atoms. The molecule has 0 N–H and O–H groups in total. The number of hydrogen-bond donors (Lipinski definition) is 1. The molecule has 150 valence electrons. The molecule has 1 aliphatic heterocycles. The van der Waals surface area contributed by atoms with Crippen molar-refractivity contribution in [1.29, 1.82) is 0 Å². The summed E-state index contributed by atoms with van der Waals surface area (Å²) < 4.78 is 38.7. The van der Waals surface area contributed by atoms with Crippen LogP contribution in [-0.4, -0.2) is 75.4 Å². The molecule has 0 bridgehead atoms. The summed E-state index contributed by atoms with van der Waals surface area (Å²) in [5.74, 6) is 6.62. The van der Waals surface area contributed by atoms with Gasteiger partial charge in [-0.3, -0.25) is 4.90 Å². The van der Waals surface area contributed by atoms with E-state index in [0.29, 0.717) is 37.8 Å². The van der Waals surface area contributed by atoms with Crippen LogP contribution in [0.1, 0.15) is 13.8 Å². The summed E-state index contributed by atoms with van der Waals surface area (Å²) in [4.78, 5) is 2.48. The highest BCUT2D eigenvalue weighted by Crippen LogP contribution is 2.22. The molecular formula is C19H28N2O4S2. The van der Waals surface area contributed by atoms with E-state index < -0.39 is 10.0 Å². The molecule has 1 saturated heterocycles. The molecule has 2 rings (SSSR count). The van der Waals surface area contributed by atoms with E-state index in [9.17, 15) is 8.42 Å². The molecule has 0 saturated carbocycles. The Hall–Kier alpha value is -1.24.